The molecule has 0 atom stereocenters. The van der Waals surface area contributed by atoms with Crippen molar-refractivity contribution in [2.45, 2.75) is 51.9 Å². The molecule has 0 amide bonds. The van der Waals surface area contributed by atoms with E-state index in [1.165, 1.54) is 38.5 Å². The van der Waals surface area contributed by atoms with Gasteiger partial charge in [-0.3, -0.25) is 4.79 Å². The summed E-state index contributed by atoms with van der Waals surface area (Å²) in [7, 11) is 0. The van der Waals surface area contributed by atoms with Gasteiger partial charge in [-0.2, -0.15) is 0 Å². The van der Waals surface area contributed by atoms with Crippen LogP contribution in [-0.4, -0.2) is 23.7 Å². The van der Waals surface area contributed by atoms with Crippen LogP contribution in [0.3, 0.4) is 0 Å². The highest BCUT2D eigenvalue weighted by atomic mass is 16.5. The summed E-state index contributed by atoms with van der Waals surface area (Å²) in [6, 6.07) is 0. The van der Waals surface area contributed by atoms with Crippen molar-refractivity contribution in [1.29, 1.82) is 0 Å². The Balaban J connectivity index is 1.63. The van der Waals surface area contributed by atoms with Gasteiger partial charge in [-0.1, -0.05) is 6.08 Å². The lowest BCUT2D eigenvalue weighted by Gasteiger charge is -2.56. The van der Waals surface area contributed by atoms with Crippen LogP contribution in [0.15, 0.2) is 11.6 Å². The first-order valence-corrected chi connectivity index (χ1v) is 8.04. The number of rotatable bonds is 5. The smallest absolute Gasteiger partial charge is 0.333 e. The van der Waals surface area contributed by atoms with Crippen LogP contribution >= 0.6 is 0 Å². The summed E-state index contributed by atoms with van der Waals surface area (Å²) in [6.45, 7) is 1.77. The van der Waals surface area contributed by atoms with Gasteiger partial charge < -0.3 is 9.84 Å². The first kappa shape index (κ1) is 14.6. The highest BCUT2D eigenvalue weighted by molar-refractivity contribution is 5.88. The Morgan fingerprint density at radius 3 is 2.14 bits per heavy atom. The number of carbonyl (C=O) groups excluding carboxylic acids is 1. The van der Waals surface area contributed by atoms with E-state index in [1.807, 2.05) is 6.92 Å². The Morgan fingerprint density at radius 1 is 1.14 bits per heavy atom. The molecule has 4 heteroatoms. The molecule has 0 heterocycles. The quantitative estimate of drug-likeness (QED) is 0.624. The molecule has 4 saturated carbocycles. The van der Waals surface area contributed by atoms with Crippen LogP contribution in [0.1, 0.15) is 51.9 Å². The van der Waals surface area contributed by atoms with Gasteiger partial charge in [0.1, 0.15) is 6.61 Å². The molecule has 1 N–H and O–H groups in total. The van der Waals surface area contributed by atoms with E-state index >= 15 is 0 Å². The van der Waals surface area contributed by atoms with Crippen molar-refractivity contribution in [1.82, 2.24) is 0 Å². The molecule has 21 heavy (non-hydrogen) atoms. The number of carboxylic acids is 1. The fourth-order valence-electron chi connectivity index (χ4n) is 5.22. The number of aliphatic carboxylic acids is 1. The predicted molar refractivity (Wildman–Crippen MR) is 77.6 cm³/mol. The Hall–Kier alpha value is -1.32. The van der Waals surface area contributed by atoms with Crippen molar-refractivity contribution >= 4 is 11.9 Å². The van der Waals surface area contributed by atoms with E-state index in [-0.39, 0.29) is 24.4 Å². The molecule has 116 valence electrons. The third kappa shape index (κ3) is 3.14. The van der Waals surface area contributed by atoms with E-state index in [0.717, 1.165) is 17.8 Å². The first-order chi connectivity index (χ1) is 9.96. The average Bonchev–Trinajstić information content (AvgIpc) is 2.35. The van der Waals surface area contributed by atoms with E-state index < -0.39 is 5.97 Å². The minimum absolute atomic E-state index is 0.0414. The third-order valence-electron chi connectivity index (χ3n) is 5.48. The van der Waals surface area contributed by atoms with Gasteiger partial charge in [0, 0.05) is 5.57 Å². The summed E-state index contributed by atoms with van der Waals surface area (Å²) in [5.74, 6) is 1.26. The topological polar surface area (TPSA) is 63.6 Å². The fourth-order valence-corrected chi connectivity index (χ4v) is 5.22. The van der Waals surface area contributed by atoms with Crippen LogP contribution in [0.4, 0.5) is 0 Å². The van der Waals surface area contributed by atoms with Gasteiger partial charge >= 0.3 is 11.9 Å². The van der Waals surface area contributed by atoms with Crippen molar-refractivity contribution in [2.75, 3.05) is 6.61 Å². The standard InChI is InChI=1S/C17H24O4/c1-11(16(20)21-3-2-15(18)19)7-17-8-12-4-13(9-17)6-14(5-12)10-17/h7,12-14H,2-6,8-10H2,1H3,(H,18,19). The third-order valence-corrected chi connectivity index (χ3v) is 5.48. The number of esters is 1. The van der Waals surface area contributed by atoms with Gasteiger partial charge in [0.25, 0.3) is 0 Å². The average molecular weight is 292 g/mol. The molecule has 4 fully saturated rings. The summed E-state index contributed by atoms with van der Waals surface area (Å²) in [5.41, 5.74) is 0.868. The molecule has 0 aliphatic heterocycles. The largest absolute Gasteiger partial charge is 0.481 e. The van der Waals surface area contributed by atoms with Crippen molar-refractivity contribution in [3.8, 4) is 0 Å². The molecular formula is C17H24O4. The van der Waals surface area contributed by atoms with Gasteiger partial charge in [0.05, 0.1) is 6.42 Å². The lowest BCUT2D eigenvalue weighted by atomic mass is 9.49. The Morgan fingerprint density at radius 2 is 1.67 bits per heavy atom. The van der Waals surface area contributed by atoms with E-state index in [1.54, 1.807) is 0 Å². The van der Waals surface area contributed by atoms with Crippen LogP contribution < -0.4 is 0 Å². The van der Waals surface area contributed by atoms with E-state index in [4.69, 9.17) is 9.84 Å². The summed E-state index contributed by atoms with van der Waals surface area (Å²) in [5, 5.41) is 8.57. The van der Waals surface area contributed by atoms with Crippen LogP contribution in [0, 0.1) is 23.2 Å². The number of hydrogen-bond acceptors (Lipinski definition) is 3. The lowest BCUT2D eigenvalue weighted by molar-refractivity contribution is -0.143. The molecule has 4 bridgehead atoms. The van der Waals surface area contributed by atoms with Gasteiger partial charge in [-0.05, 0) is 68.6 Å². The zero-order valence-corrected chi connectivity index (χ0v) is 12.6. The molecular weight excluding hydrogens is 268 g/mol. The molecule has 4 aliphatic rings. The molecule has 0 aromatic carbocycles. The molecule has 4 aliphatic carbocycles. The Labute approximate surface area is 125 Å². The van der Waals surface area contributed by atoms with Crippen molar-refractivity contribution in [2.24, 2.45) is 23.2 Å². The predicted octanol–water partition coefficient (Wildman–Crippen LogP) is 3.17. The van der Waals surface area contributed by atoms with Gasteiger partial charge in [-0.15, -0.1) is 0 Å². The van der Waals surface area contributed by atoms with Gasteiger partial charge in [0.2, 0.25) is 0 Å². The van der Waals surface area contributed by atoms with E-state index in [2.05, 4.69) is 6.08 Å². The number of ether oxygens (including phenoxy) is 1. The minimum atomic E-state index is -0.939. The Bertz CT molecular complexity index is 442. The maximum atomic E-state index is 12.0. The maximum absolute atomic E-state index is 12.0. The fraction of sp³-hybridized carbons (Fsp3) is 0.765. The molecule has 0 radical (unpaired) electrons. The highest BCUT2D eigenvalue weighted by Crippen LogP contribution is 2.60. The zero-order valence-electron chi connectivity index (χ0n) is 12.6. The van der Waals surface area contributed by atoms with E-state index in [0.29, 0.717) is 5.57 Å². The second-order valence-corrected chi connectivity index (χ2v) is 7.39. The molecule has 0 aromatic rings. The summed E-state index contributed by atoms with van der Waals surface area (Å²) < 4.78 is 5.04. The second kappa shape index (κ2) is 5.47. The zero-order chi connectivity index (χ0) is 15.0. The summed E-state index contributed by atoms with van der Waals surface area (Å²) >= 11 is 0. The molecule has 0 unspecified atom stereocenters. The van der Waals surface area contributed by atoms with Crippen LogP contribution in [0.2, 0.25) is 0 Å². The van der Waals surface area contributed by atoms with Crippen LogP contribution in [-0.2, 0) is 14.3 Å². The van der Waals surface area contributed by atoms with Gasteiger partial charge in [-0.25, -0.2) is 4.79 Å². The SMILES string of the molecule is CC(=CC12CC3CC(CC(C3)C1)C2)C(=O)OCCC(=O)O. The molecule has 4 nitrogen and oxygen atoms in total. The number of carbonyl (C=O) groups is 2. The first-order valence-electron chi connectivity index (χ1n) is 8.04. The number of allylic oxidation sites excluding steroid dienone is 1. The second-order valence-electron chi connectivity index (χ2n) is 7.39. The Kier molecular flexibility index (Phi) is 3.80. The normalized spacial score (nSPS) is 37.6. The molecule has 0 saturated heterocycles. The van der Waals surface area contributed by atoms with Crippen molar-refractivity contribution in [3.05, 3.63) is 11.6 Å². The minimum Gasteiger partial charge on any atom is -0.481 e. The lowest BCUT2D eigenvalue weighted by Crippen LogP contribution is -2.45. The molecule has 4 rings (SSSR count). The van der Waals surface area contributed by atoms with Crippen molar-refractivity contribution in [3.63, 3.8) is 0 Å². The summed E-state index contributed by atoms with van der Waals surface area (Å²) in [4.78, 5) is 22.4. The molecule has 0 aromatic heterocycles. The number of hydrogen-bond donors (Lipinski definition) is 1. The maximum Gasteiger partial charge on any atom is 0.333 e. The van der Waals surface area contributed by atoms with Gasteiger partial charge in [0.15, 0.2) is 0 Å². The number of carboxylic acid groups (broad SMARTS) is 1. The highest BCUT2D eigenvalue weighted by Gasteiger charge is 2.49. The van der Waals surface area contributed by atoms with Crippen LogP contribution in [0.5, 0.6) is 0 Å². The van der Waals surface area contributed by atoms with E-state index in [9.17, 15) is 9.59 Å². The summed E-state index contributed by atoms with van der Waals surface area (Å²) in [6.07, 6.45) is 9.84. The van der Waals surface area contributed by atoms with Crippen molar-refractivity contribution < 1.29 is 19.4 Å². The monoisotopic (exact) mass is 292 g/mol. The molecule has 0 spiro atoms. The van der Waals surface area contributed by atoms with Crippen LogP contribution in [0.25, 0.3) is 0 Å².